The number of hydrogen-bond acceptors (Lipinski definition) is 7. The molecule has 228 valence electrons. The average Bonchev–Trinajstić information content (AvgIpc) is 2.85. The van der Waals surface area contributed by atoms with Crippen molar-refractivity contribution in [1.29, 1.82) is 0 Å². The van der Waals surface area contributed by atoms with Crippen molar-refractivity contribution in [2.75, 3.05) is 13.7 Å². The number of aromatic nitrogens is 1. The van der Waals surface area contributed by atoms with Crippen molar-refractivity contribution in [3.63, 3.8) is 0 Å². The first-order valence-electron chi connectivity index (χ1n) is 14.9. The van der Waals surface area contributed by atoms with Crippen molar-refractivity contribution >= 4 is 28.1 Å². The van der Waals surface area contributed by atoms with Gasteiger partial charge in [-0.25, -0.2) is 0 Å². The molecule has 0 fully saturated rings. The van der Waals surface area contributed by atoms with Crippen LogP contribution in [0.2, 0.25) is 33.2 Å². The van der Waals surface area contributed by atoms with Crippen LogP contribution in [0, 0.1) is 10.1 Å². The predicted molar refractivity (Wildman–Crippen MR) is 167 cm³/mol. The molecule has 3 unspecified atom stereocenters. The highest BCUT2D eigenvalue weighted by molar-refractivity contribution is 6.78. The van der Waals surface area contributed by atoms with Gasteiger partial charge in [0.1, 0.15) is 24.2 Å². The number of ether oxygens (including phenoxy) is 2. The number of rotatable bonds is 14. The fraction of sp³-hybridized carbons (Fsp3) is 0.767. The molecule has 0 spiro atoms. The van der Waals surface area contributed by atoms with Crippen LogP contribution in [0.3, 0.4) is 0 Å². The standard InChI is InChI=1S/C30H54N2O6Si2/c1-19(2)39(20(3)4,21(5)6)37-28-16-27(25-14-15-31-17-26(25)32(33)34)36-29(18-35-13)30(28)38-40(22(7)8,23(9)10)24(11)12/h14-17,19-24,28-30H,18H2,1-13H3. The fourth-order valence-corrected chi connectivity index (χ4v) is 18.5. The van der Waals surface area contributed by atoms with E-state index in [0.29, 0.717) is 44.6 Å². The topological polar surface area (TPSA) is 93.0 Å². The van der Waals surface area contributed by atoms with Crippen LogP contribution in [0.5, 0.6) is 0 Å². The zero-order valence-corrected chi connectivity index (χ0v) is 29.1. The molecule has 3 atom stereocenters. The summed E-state index contributed by atoms with van der Waals surface area (Å²) in [6, 6.07) is 1.64. The third-order valence-electron chi connectivity index (χ3n) is 8.97. The minimum absolute atomic E-state index is 0.0987. The van der Waals surface area contributed by atoms with Crippen molar-refractivity contribution in [3.05, 3.63) is 40.2 Å². The summed E-state index contributed by atoms with van der Waals surface area (Å²) < 4.78 is 27.1. The van der Waals surface area contributed by atoms with E-state index in [9.17, 15) is 10.1 Å². The van der Waals surface area contributed by atoms with Crippen molar-refractivity contribution in [1.82, 2.24) is 4.98 Å². The molecule has 1 aliphatic rings. The Morgan fingerprint density at radius 2 is 1.35 bits per heavy atom. The lowest BCUT2D eigenvalue weighted by Crippen LogP contribution is -2.60. The lowest BCUT2D eigenvalue weighted by atomic mass is 10.0. The van der Waals surface area contributed by atoms with Gasteiger partial charge in [0, 0.05) is 13.3 Å². The molecule has 0 saturated carbocycles. The van der Waals surface area contributed by atoms with Gasteiger partial charge in [-0.3, -0.25) is 15.1 Å². The summed E-state index contributed by atoms with van der Waals surface area (Å²) in [5, 5.41) is 11.9. The van der Waals surface area contributed by atoms with Gasteiger partial charge in [0.15, 0.2) is 0 Å². The third kappa shape index (κ3) is 6.72. The lowest BCUT2D eigenvalue weighted by molar-refractivity contribution is -0.385. The maximum atomic E-state index is 11.9. The molecule has 2 heterocycles. The first-order chi connectivity index (χ1) is 18.6. The largest absolute Gasteiger partial charge is 0.485 e. The normalized spacial score (nSPS) is 20.7. The molecule has 1 aromatic heterocycles. The van der Waals surface area contributed by atoms with Crippen molar-refractivity contribution in [2.24, 2.45) is 0 Å². The van der Waals surface area contributed by atoms with E-state index >= 15 is 0 Å². The van der Waals surface area contributed by atoms with Gasteiger partial charge in [-0.2, -0.15) is 0 Å². The van der Waals surface area contributed by atoms with Crippen LogP contribution in [0.4, 0.5) is 5.69 Å². The number of pyridine rings is 1. The van der Waals surface area contributed by atoms with Crippen LogP contribution in [0.1, 0.15) is 88.6 Å². The summed E-state index contributed by atoms with van der Waals surface area (Å²) in [5.74, 6) is 0.422. The summed E-state index contributed by atoms with van der Waals surface area (Å²) in [5.41, 5.74) is 2.45. The van der Waals surface area contributed by atoms with Crippen LogP contribution in [-0.2, 0) is 18.3 Å². The van der Waals surface area contributed by atoms with Gasteiger partial charge in [0.05, 0.1) is 23.2 Å². The van der Waals surface area contributed by atoms with E-state index in [-0.39, 0.29) is 12.3 Å². The molecule has 2 rings (SSSR count). The van der Waals surface area contributed by atoms with E-state index in [0.717, 1.165) is 0 Å². The number of hydrogen-bond donors (Lipinski definition) is 0. The Kier molecular flexibility index (Phi) is 12.2. The van der Waals surface area contributed by atoms with Gasteiger partial charge in [-0.1, -0.05) is 83.1 Å². The molecule has 1 aromatic rings. The molecule has 1 aliphatic heterocycles. The molecular weight excluding hydrogens is 541 g/mol. The van der Waals surface area contributed by atoms with Gasteiger partial charge in [-0.05, 0) is 45.4 Å². The van der Waals surface area contributed by atoms with Gasteiger partial charge < -0.3 is 18.3 Å². The molecule has 40 heavy (non-hydrogen) atoms. The maximum absolute atomic E-state index is 11.9. The molecule has 0 amide bonds. The Bertz CT molecular complexity index is 968. The monoisotopic (exact) mass is 594 g/mol. The minimum Gasteiger partial charge on any atom is -0.485 e. The molecule has 8 nitrogen and oxygen atoms in total. The zero-order valence-electron chi connectivity index (χ0n) is 27.1. The van der Waals surface area contributed by atoms with Gasteiger partial charge in [0.25, 0.3) is 5.69 Å². The molecule has 0 N–H and O–H groups in total. The number of nitrogens with zero attached hydrogens (tertiary/aromatic N) is 2. The third-order valence-corrected chi connectivity index (χ3v) is 21.2. The predicted octanol–water partition coefficient (Wildman–Crippen LogP) is 8.50. The lowest BCUT2D eigenvalue weighted by Gasteiger charge is -2.51. The van der Waals surface area contributed by atoms with E-state index in [4.69, 9.17) is 18.3 Å². The highest BCUT2D eigenvalue weighted by atomic mass is 28.4. The van der Waals surface area contributed by atoms with E-state index in [1.54, 1.807) is 19.4 Å². The van der Waals surface area contributed by atoms with E-state index in [1.807, 2.05) is 6.08 Å². The number of methoxy groups -OCH3 is 1. The van der Waals surface area contributed by atoms with E-state index in [1.165, 1.54) is 6.20 Å². The smallest absolute Gasteiger partial charge is 0.298 e. The van der Waals surface area contributed by atoms with Gasteiger partial charge in [-0.15, -0.1) is 0 Å². The summed E-state index contributed by atoms with van der Waals surface area (Å²) in [7, 11) is -3.10. The summed E-state index contributed by atoms with van der Waals surface area (Å²) >= 11 is 0. The number of nitro groups is 1. The van der Waals surface area contributed by atoms with Crippen LogP contribution in [-0.4, -0.2) is 58.6 Å². The molecule has 0 aliphatic carbocycles. The summed E-state index contributed by atoms with van der Waals surface area (Å²) in [6.45, 7) is 27.5. The first kappa shape index (κ1) is 34.6. The molecule has 0 bridgehead atoms. The Morgan fingerprint density at radius 3 is 1.77 bits per heavy atom. The summed E-state index contributed by atoms with van der Waals surface area (Å²) in [4.78, 5) is 15.5. The molecular formula is C30H54N2O6Si2. The molecule has 0 radical (unpaired) electrons. The molecule has 0 aromatic carbocycles. The quantitative estimate of drug-likeness (QED) is 0.121. The Labute approximate surface area is 244 Å². The second kappa shape index (κ2) is 14.0. The molecule has 10 heteroatoms. The fourth-order valence-electron chi connectivity index (χ4n) is 7.44. The van der Waals surface area contributed by atoms with Crippen LogP contribution < -0.4 is 0 Å². The second-order valence-corrected chi connectivity index (χ2v) is 23.9. The highest BCUT2D eigenvalue weighted by Gasteiger charge is 2.54. The first-order valence-corrected chi connectivity index (χ1v) is 19.2. The van der Waals surface area contributed by atoms with Crippen molar-refractivity contribution in [3.8, 4) is 0 Å². The SMILES string of the molecule is COCC1OC(c2ccncc2[N+](=O)[O-])=CC(O[Si](C(C)C)(C(C)C)C(C)C)C1O[Si](C(C)C)(C(C)C)C(C)C. The Balaban J connectivity index is 2.86. The Morgan fingerprint density at radius 1 is 0.875 bits per heavy atom. The zero-order chi connectivity index (χ0) is 30.6. The van der Waals surface area contributed by atoms with E-state index in [2.05, 4.69) is 88.1 Å². The average molecular weight is 595 g/mol. The van der Waals surface area contributed by atoms with Crippen LogP contribution in [0.15, 0.2) is 24.5 Å². The van der Waals surface area contributed by atoms with Crippen LogP contribution >= 0.6 is 0 Å². The minimum atomic E-state index is -2.38. The van der Waals surface area contributed by atoms with Crippen LogP contribution in [0.25, 0.3) is 5.76 Å². The highest BCUT2D eigenvalue weighted by Crippen LogP contribution is 2.48. The second-order valence-electron chi connectivity index (χ2n) is 13.1. The summed E-state index contributed by atoms with van der Waals surface area (Å²) in [6.07, 6.45) is 3.41. The van der Waals surface area contributed by atoms with Gasteiger partial charge in [0.2, 0.25) is 16.6 Å². The Hall–Kier alpha value is -1.60. The maximum Gasteiger partial charge on any atom is 0.298 e. The van der Waals surface area contributed by atoms with Crippen molar-refractivity contribution < 1.29 is 23.2 Å². The van der Waals surface area contributed by atoms with E-state index < -0.39 is 39.9 Å². The van der Waals surface area contributed by atoms with Crippen molar-refractivity contribution in [2.45, 2.75) is 135 Å². The van der Waals surface area contributed by atoms with Gasteiger partial charge >= 0.3 is 0 Å². The molecule has 0 saturated heterocycles.